The number of benzene rings is 3. The van der Waals surface area contributed by atoms with Crippen LogP contribution in [0.1, 0.15) is 16.7 Å². The molecule has 1 aliphatic rings. The molecule has 0 spiro atoms. The Morgan fingerprint density at radius 2 is 1.63 bits per heavy atom. The highest BCUT2D eigenvalue weighted by Gasteiger charge is 2.31. The molecule has 11 heteroatoms. The van der Waals surface area contributed by atoms with Crippen LogP contribution in [-0.4, -0.2) is 52.0 Å². The van der Waals surface area contributed by atoms with Gasteiger partial charge in [0, 0.05) is 31.9 Å². The zero-order valence-electron chi connectivity index (χ0n) is 21.0. The number of sulfonamides is 1. The molecule has 3 aromatic carbocycles. The molecule has 38 heavy (non-hydrogen) atoms. The first-order valence-corrected chi connectivity index (χ1v) is 13.4. The van der Waals surface area contributed by atoms with E-state index in [0.29, 0.717) is 43.3 Å². The maximum Gasteiger partial charge on any atom is 0.416 e. The number of halogens is 3. The minimum absolute atomic E-state index is 0.0581. The van der Waals surface area contributed by atoms with Gasteiger partial charge in [0.2, 0.25) is 0 Å². The summed E-state index contributed by atoms with van der Waals surface area (Å²) < 4.78 is 72.7. The molecule has 1 fully saturated rings. The van der Waals surface area contributed by atoms with Gasteiger partial charge in [0.15, 0.2) is 6.61 Å². The van der Waals surface area contributed by atoms with Crippen molar-refractivity contribution in [2.75, 3.05) is 42.4 Å². The second-order valence-electron chi connectivity index (χ2n) is 9.10. The number of hydrogen-bond acceptors (Lipinski definition) is 5. The molecular formula is C27H28F3N3O4S. The Hall–Kier alpha value is -3.73. The van der Waals surface area contributed by atoms with Crippen molar-refractivity contribution in [2.24, 2.45) is 0 Å². The second kappa shape index (κ2) is 10.9. The minimum Gasteiger partial charge on any atom is -0.484 e. The highest BCUT2D eigenvalue weighted by molar-refractivity contribution is 7.92. The molecule has 0 aliphatic carbocycles. The Bertz CT molecular complexity index is 1400. The molecule has 0 atom stereocenters. The molecular weight excluding hydrogens is 519 g/mol. The lowest BCUT2D eigenvalue weighted by molar-refractivity contribution is -0.137. The lowest BCUT2D eigenvalue weighted by Crippen LogP contribution is -2.50. The number of rotatable bonds is 7. The molecule has 1 aliphatic heterocycles. The van der Waals surface area contributed by atoms with E-state index in [1.54, 1.807) is 17.0 Å². The Kier molecular flexibility index (Phi) is 7.86. The Morgan fingerprint density at radius 3 is 2.29 bits per heavy atom. The number of ether oxygens (including phenoxy) is 1. The summed E-state index contributed by atoms with van der Waals surface area (Å²) in [6.45, 7) is 4.94. The van der Waals surface area contributed by atoms with Crippen molar-refractivity contribution in [3.8, 4) is 5.75 Å². The quantitative estimate of drug-likeness (QED) is 0.458. The SMILES string of the molecule is Cc1ccc(C)c(NS(=O)(=O)c2ccc(OCC(=O)N3CCN(c4cccc(C(F)(F)F)c4)CC3)cc2)c1. The highest BCUT2D eigenvalue weighted by Crippen LogP contribution is 2.32. The van der Waals surface area contributed by atoms with Gasteiger partial charge in [-0.15, -0.1) is 0 Å². The van der Waals surface area contributed by atoms with Crippen molar-refractivity contribution < 1.29 is 31.1 Å². The van der Waals surface area contributed by atoms with Gasteiger partial charge in [-0.2, -0.15) is 13.2 Å². The monoisotopic (exact) mass is 547 g/mol. The average Bonchev–Trinajstić information content (AvgIpc) is 2.89. The first-order valence-electron chi connectivity index (χ1n) is 12.0. The van der Waals surface area contributed by atoms with Crippen LogP contribution in [0, 0.1) is 13.8 Å². The Balaban J connectivity index is 1.29. The van der Waals surface area contributed by atoms with E-state index in [4.69, 9.17) is 4.74 Å². The summed E-state index contributed by atoms with van der Waals surface area (Å²) in [5.41, 5.74) is 1.99. The van der Waals surface area contributed by atoms with Gasteiger partial charge >= 0.3 is 6.18 Å². The van der Waals surface area contributed by atoms with Gasteiger partial charge in [-0.3, -0.25) is 9.52 Å². The minimum atomic E-state index is -4.41. The normalized spacial score (nSPS) is 14.3. The fourth-order valence-electron chi connectivity index (χ4n) is 4.09. The fraction of sp³-hybridized carbons (Fsp3) is 0.296. The molecule has 1 N–H and O–H groups in total. The zero-order chi connectivity index (χ0) is 27.5. The van der Waals surface area contributed by atoms with Crippen LogP contribution in [0.15, 0.2) is 71.6 Å². The van der Waals surface area contributed by atoms with Crippen LogP contribution >= 0.6 is 0 Å². The number of aryl methyl sites for hydroxylation is 2. The van der Waals surface area contributed by atoms with Crippen LogP contribution in [0.3, 0.4) is 0 Å². The van der Waals surface area contributed by atoms with E-state index < -0.39 is 21.8 Å². The third-order valence-corrected chi connectivity index (χ3v) is 7.69. The molecule has 0 radical (unpaired) electrons. The topological polar surface area (TPSA) is 78.9 Å². The predicted molar refractivity (Wildman–Crippen MR) is 139 cm³/mol. The summed E-state index contributed by atoms with van der Waals surface area (Å²) in [6.07, 6.45) is -4.41. The molecule has 202 valence electrons. The summed E-state index contributed by atoms with van der Waals surface area (Å²) in [6, 6.07) is 16.4. The first kappa shape index (κ1) is 27.3. The first-order chi connectivity index (χ1) is 17.9. The number of hydrogen-bond donors (Lipinski definition) is 1. The lowest BCUT2D eigenvalue weighted by atomic mass is 10.1. The van der Waals surface area contributed by atoms with Crippen LogP contribution in [-0.2, 0) is 21.0 Å². The third-order valence-electron chi connectivity index (χ3n) is 6.30. The van der Waals surface area contributed by atoms with Crippen molar-refractivity contribution in [3.63, 3.8) is 0 Å². The molecule has 0 unspecified atom stereocenters. The highest BCUT2D eigenvalue weighted by atomic mass is 32.2. The molecule has 3 aromatic rings. The summed E-state index contributed by atoms with van der Waals surface area (Å²) in [4.78, 5) is 16.1. The number of piperazine rings is 1. The standard InChI is InChI=1S/C27H28F3N3O4S/c1-19-6-7-20(2)25(16-19)31-38(35,36)24-10-8-23(9-11-24)37-18-26(34)33-14-12-32(13-15-33)22-5-3-4-21(17-22)27(28,29)30/h3-11,16-17,31H,12-15,18H2,1-2H3. The largest absolute Gasteiger partial charge is 0.484 e. The maximum absolute atomic E-state index is 13.0. The van der Waals surface area contributed by atoms with Crippen LogP contribution in [0.5, 0.6) is 5.75 Å². The smallest absolute Gasteiger partial charge is 0.416 e. The van der Waals surface area contributed by atoms with Gasteiger partial charge in [-0.25, -0.2) is 8.42 Å². The van der Waals surface area contributed by atoms with Crippen molar-refractivity contribution in [2.45, 2.75) is 24.9 Å². The van der Waals surface area contributed by atoms with Crippen molar-refractivity contribution in [3.05, 3.63) is 83.4 Å². The van der Waals surface area contributed by atoms with Gasteiger partial charge in [0.1, 0.15) is 5.75 Å². The van der Waals surface area contributed by atoms with Gasteiger partial charge in [0.25, 0.3) is 15.9 Å². The second-order valence-corrected chi connectivity index (χ2v) is 10.8. The number of carbonyl (C=O) groups is 1. The molecule has 1 amide bonds. The molecule has 1 saturated heterocycles. The molecule has 7 nitrogen and oxygen atoms in total. The number of amides is 1. The van der Waals surface area contributed by atoms with E-state index in [1.165, 1.54) is 30.3 Å². The number of nitrogens with zero attached hydrogens (tertiary/aromatic N) is 2. The molecule has 1 heterocycles. The van der Waals surface area contributed by atoms with E-state index in [2.05, 4.69) is 4.72 Å². The maximum atomic E-state index is 13.0. The molecule has 4 rings (SSSR count). The lowest BCUT2D eigenvalue weighted by Gasteiger charge is -2.36. The van der Waals surface area contributed by atoms with Crippen molar-refractivity contribution in [1.29, 1.82) is 0 Å². The van der Waals surface area contributed by atoms with E-state index in [-0.39, 0.29) is 17.4 Å². The van der Waals surface area contributed by atoms with E-state index >= 15 is 0 Å². The van der Waals surface area contributed by atoms with Gasteiger partial charge in [-0.1, -0.05) is 18.2 Å². The number of nitrogens with one attached hydrogen (secondary N) is 1. The number of carbonyl (C=O) groups excluding carboxylic acids is 1. The Morgan fingerprint density at radius 1 is 0.947 bits per heavy atom. The zero-order valence-corrected chi connectivity index (χ0v) is 21.8. The summed E-state index contributed by atoms with van der Waals surface area (Å²) in [5.74, 6) is 0.0774. The van der Waals surface area contributed by atoms with Crippen molar-refractivity contribution in [1.82, 2.24) is 4.90 Å². The third kappa shape index (κ3) is 6.58. The van der Waals surface area contributed by atoms with Gasteiger partial charge in [-0.05, 0) is 73.5 Å². The fourth-order valence-corrected chi connectivity index (χ4v) is 5.22. The Labute approximate surface area is 219 Å². The van der Waals surface area contributed by atoms with Gasteiger partial charge in [0.05, 0.1) is 16.1 Å². The number of anilines is 2. The number of alkyl halides is 3. The van der Waals surface area contributed by atoms with Gasteiger partial charge < -0.3 is 14.5 Å². The molecule has 0 bridgehead atoms. The summed E-state index contributed by atoms with van der Waals surface area (Å²) >= 11 is 0. The predicted octanol–water partition coefficient (Wildman–Crippen LogP) is 4.85. The summed E-state index contributed by atoms with van der Waals surface area (Å²) in [7, 11) is -3.80. The van der Waals surface area contributed by atoms with Crippen LogP contribution in [0.25, 0.3) is 0 Å². The molecule has 0 aromatic heterocycles. The van der Waals surface area contributed by atoms with Crippen molar-refractivity contribution >= 4 is 27.3 Å². The van der Waals surface area contributed by atoms with E-state index in [1.807, 2.05) is 30.9 Å². The molecule has 0 saturated carbocycles. The summed E-state index contributed by atoms with van der Waals surface area (Å²) in [5, 5.41) is 0. The van der Waals surface area contributed by atoms with Crippen LogP contribution in [0.4, 0.5) is 24.5 Å². The van der Waals surface area contributed by atoms with E-state index in [0.717, 1.165) is 23.3 Å². The van der Waals surface area contributed by atoms with Crippen LogP contribution < -0.4 is 14.4 Å². The van der Waals surface area contributed by atoms with Crippen LogP contribution in [0.2, 0.25) is 0 Å². The average molecular weight is 548 g/mol. The van der Waals surface area contributed by atoms with E-state index in [9.17, 15) is 26.4 Å².